The highest BCUT2D eigenvalue weighted by atomic mass is 35.5. The molecule has 43 heavy (non-hydrogen) atoms. The SMILES string of the molecule is CC(C)OC(=O)[C@H](C)NP(=O)(OC[C@H]1O[C@@H](n2ccc(=O)[nH]c2=O)[C@](C)(F)[C@@H]1O)Oc1ccc(-c2ncccc2Cl)cc1. The molecule has 0 bridgehead atoms. The average molecular weight is 641 g/mol. The van der Waals surface area contributed by atoms with E-state index in [1.54, 1.807) is 44.3 Å². The molecule has 6 atom stereocenters. The third kappa shape index (κ3) is 7.58. The van der Waals surface area contributed by atoms with Crippen LogP contribution < -0.4 is 20.9 Å². The van der Waals surface area contributed by atoms with Crippen molar-refractivity contribution < 1.29 is 37.4 Å². The fraction of sp³-hybridized carbons (Fsp3) is 0.407. The van der Waals surface area contributed by atoms with Crippen molar-refractivity contribution in [1.29, 1.82) is 0 Å². The number of carbonyl (C=O) groups excluding carboxylic acids is 1. The molecule has 0 saturated carbocycles. The summed E-state index contributed by atoms with van der Waals surface area (Å²) in [5, 5.41) is 13.6. The molecule has 0 amide bonds. The maximum absolute atomic E-state index is 15.6. The standard InChI is InChI=1S/C27H31ClFN4O9P/c1-15(2)40-24(36)16(3)32-43(38,42-18-9-7-17(8-10-18)22-19(28)6-5-12-30-22)39-14-20-23(35)27(4,29)25(41-20)33-13-11-21(34)31-26(33)37/h5-13,15-16,20,23,25,35H,14H2,1-4H3,(H,32,38)(H,31,34,37)/t16-,20+,23+,25+,27+,43?/m0/s1. The number of pyridine rings is 1. The van der Waals surface area contributed by atoms with E-state index in [0.29, 0.717) is 16.3 Å². The van der Waals surface area contributed by atoms with Gasteiger partial charge in [0, 0.05) is 24.0 Å². The van der Waals surface area contributed by atoms with E-state index in [1.165, 1.54) is 19.1 Å². The van der Waals surface area contributed by atoms with Gasteiger partial charge >= 0.3 is 19.4 Å². The Hall–Kier alpha value is -3.39. The van der Waals surface area contributed by atoms with Crippen LogP contribution in [0.3, 0.4) is 0 Å². The summed E-state index contributed by atoms with van der Waals surface area (Å²) in [7, 11) is -4.44. The fourth-order valence-electron chi connectivity index (χ4n) is 4.26. The number of aliphatic hydroxyl groups excluding tert-OH is 1. The van der Waals surface area contributed by atoms with Gasteiger partial charge < -0.3 is 19.1 Å². The van der Waals surface area contributed by atoms with Crippen LogP contribution >= 0.6 is 19.3 Å². The first-order valence-electron chi connectivity index (χ1n) is 13.2. The number of hydrogen-bond donors (Lipinski definition) is 3. The van der Waals surface area contributed by atoms with Crippen LogP contribution in [-0.4, -0.2) is 62.2 Å². The summed E-state index contributed by atoms with van der Waals surface area (Å²) in [6.45, 7) is 4.99. The summed E-state index contributed by atoms with van der Waals surface area (Å²) in [5.41, 5.74) is -3.03. The van der Waals surface area contributed by atoms with Gasteiger partial charge in [-0.15, -0.1) is 0 Å². The summed E-state index contributed by atoms with van der Waals surface area (Å²) >= 11 is 6.22. The van der Waals surface area contributed by atoms with Gasteiger partial charge in [0.2, 0.25) is 0 Å². The minimum atomic E-state index is -4.44. The van der Waals surface area contributed by atoms with Crippen molar-refractivity contribution in [3.8, 4) is 17.0 Å². The van der Waals surface area contributed by atoms with Gasteiger partial charge in [-0.1, -0.05) is 11.6 Å². The second-order valence-electron chi connectivity index (χ2n) is 10.2. The summed E-state index contributed by atoms with van der Waals surface area (Å²) in [6, 6.07) is 9.38. The molecular weight excluding hydrogens is 610 g/mol. The normalized spacial score (nSPS) is 24.0. The third-order valence-electron chi connectivity index (χ3n) is 6.40. The minimum Gasteiger partial charge on any atom is -0.462 e. The lowest BCUT2D eigenvalue weighted by Crippen LogP contribution is -2.43. The van der Waals surface area contributed by atoms with E-state index in [0.717, 1.165) is 23.8 Å². The summed E-state index contributed by atoms with van der Waals surface area (Å²) in [5.74, 6) is -0.675. The van der Waals surface area contributed by atoms with Crippen LogP contribution in [0.25, 0.3) is 11.3 Å². The minimum absolute atomic E-state index is 0.0666. The monoisotopic (exact) mass is 640 g/mol. The van der Waals surface area contributed by atoms with Gasteiger partial charge in [0.15, 0.2) is 11.9 Å². The highest BCUT2D eigenvalue weighted by molar-refractivity contribution is 7.52. The van der Waals surface area contributed by atoms with Gasteiger partial charge in [0.1, 0.15) is 24.0 Å². The number of aromatic amines is 1. The molecule has 0 aliphatic carbocycles. The lowest BCUT2D eigenvalue weighted by atomic mass is 9.98. The van der Waals surface area contributed by atoms with E-state index < -0.39 is 67.8 Å². The first kappa shape index (κ1) is 32.5. The first-order valence-corrected chi connectivity index (χ1v) is 15.1. The van der Waals surface area contributed by atoms with Gasteiger partial charge in [-0.2, -0.15) is 5.09 Å². The molecule has 1 aliphatic heterocycles. The molecule has 3 aromatic rings. The van der Waals surface area contributed by atoms with Crippen molar-refractivity contribution in [1.82, 2.24) is 19.6 Å². The van der Waals surface area contributed by atoms with Crippen LogP contribution in [0.1, 0.15) is 33.9 Å². The highest BCUT2D eigenvalue weighted by Gasteiger charge is 2.56. The molecule has 232 valence electrons. The Balaban J connectivity index is 1.56. The number of rotatable bonds is 11. The Labute approximate surface area is 250 Å². The number of nitrogens with one attached hydrogen (secondary N) is 2. The Kier molecular flexibility index (Phi) is 9.90. The number of nitrogens with zero attached hydrogens (tertiary/aromatic N) is 2. The highest BCUT2D eigenvalue weighted by Crippen LogP contribution is 2.47. The molecule has 0 radical (unpaired) electrons. The average Bonchev–Trinajstić information content (AvgIpc) is 3.16. The second kappa shape index (κ2) is 13.1. The van der Waals surface area contributed by atoms with E-state index in [1.807, 2.05) is 4.98 Å². The van der Waals surface area contributed by atoms with Crippen molar-refractivity contribution in [2.75, 3.05) is 6.61 Å². The molecule has 1 unspecified atom stereocenters. The second-order valence-corrected chi connectivity index (χ2v) is 12.3. The van der Waals surface area contributed by atoms with Gasteiger partial charge in [-0.25, -0.2) is 13.8 Å². The molecule has 1 aliphatic rings. The van der Waals surface area contributed by atoms with E-state index in [4.69, 9.17) is 30.1 Å². The number of H-pyrrole nitrogens is 1. The number of aliphatic hydroxyl groups is 1. The van der Waals surface area contributed by atoms with Crippen LogP contribution in [-0.2, 0) is 23.4 Å². The molecule has 3 heterocycles. The smallest absolute Gasteiger partial charge is 0.459 e. The lowest BCUT2D eigenvalue weighted by molar-refractivity contribution is -0.149. The van der Waals surface area contributed by atoms with Crippen LogP contribution in [0.2, 0.25) is 5.02 Å². The predicted octanol–water partition coefficient (Wildman–Crippen LogP) is 3.37. The van der Waals surface area contributed by atoms with E-state index in [-0.39, 0.29) is 5.75 Å². The molecule has 3 N–H and O–H groups in total. The number of ether oxygens (including phenoxy) is 2. The number of carbonyl (C=O) groups is 1. The number of hydrogen-bond acceptors (Lipinski definition) is 10. The van der Waals surface area contributed by atoms with Gasteiger partial charge in [-0.3, -0.25) is 28.6 Å². The molecule has 16 heteroatoms. The Morgan fingerprint density at radius 3 is 2.58 bits per heavy atom. The van der Waals surface area contributed by atoms with Crippen molar-refractivity contribution in [2.45, 2.75) is 63.9 Å². The number of halogens is 2. The molecule has 13 nitrogen and oxygen atoms in total. The van der Waals surface area contributed by atoms with Crippen molar-refractivity contribution >= 4 is 25.3 Å². The maximum atomic E-state index is 15.6. The number of esters is 1. The van der Waals surface area contributed by atoms with Crippen molar-refractivity contribution in [3.63, 3.8) is 0 Å². The fourth-order valence-corrected chi connectivity index (χ4v) is 5.99. The van der Waals surface area contributed by atoms with Crippen LogP contribution in [0, 0.1) is 0 Å². The Morgan fingerprint density at radius 2 is 1.95 bits per heavy atom. The van der Waals surface area contributed by atoms with Crippen LogP contribution in [0.4, 0.5) is 4.39 Å². The number of aromatic nitrogens is 3. The predicted molar refractivity (Wildman–Crippen MR) is 153 cm³/mol. The summed E-state index contributed by atoms with van der Waals surface area (Å²) < 4.78 is 52.3. The molecule has 1 aromatic carbocycles. The quantitative estimate of drug-likeness (QED) is 0.207. The van der Waals surface area contributed by atoms with E-state index in [2.05, 4.69) is 10.1 Å². The Bertz CT molecular complexity index is 1610. The molecule has 1 fully saturated rings. The maximum Gasteiger partial charge on any atom is 0.459 e. The molecule has 0 spiro atoms. The third-order valence-corrected chi connectivity index (χ3v) is 8.35. The van der Waals surface area contributed by atoms with Gasteiger partial charge in [0.25, 0.3) is 5.56 Å². The molecule has 1 saturated heterocycles. The zero-order valence-corrected chi connectivity index (χ0v) is 25.3. The Morgan fingerprint density at radius 1 is 1.26 bits per heavy atom. The van der Waals surface area contributed by atoms with Crippen molar-refractivity contribution in [3.05, 3.63) is 80.7 Å². The van der Waals surface area contributed by atoms with Crippen molar-refractivity contribution in [2.24, 2.45) is 0 Å². The van der Waals surface area contributed by atoms with Gasteiger partial charge in [0.05, 0.1) is 23.4 Å². The largest absolute Gasteiger partial charge is 0.462 e. The van der Waals surface area contributed by atoms with E-state index in [9.17, 15) is 24.1 Å². The zero-order chi connectivity index (χ0) is 31.5. The molecular formula is C27H31ClFN4O9P. The van der Waals surface area contributed by atoms with Crippen LogP contribution in [0.15, 0.2) is 64.4 Å². The topological polar surface area (TPSA) is 171 Å². The van der Waals surface area contributed by atoms with E-state index >= 15 is 4.39 Å². The first-order chi connectivity index (χ1) is 20.2. The summed E-state index contributed by atoms with van der Waals surface area (Å²) in [6.07, 6.45) is -2.80. The number of benzene rings is 1. The molecule has 4 rings (SSSR count). The number of alkyl halides is 1. The molecule has 2 aromatic heterocycles. The van der Waals surface area contributed by atoms with Gasteiger partial charge in [-0.05, 0) is 64.1 Å². The summed E-state index contributed by atoms with van der Waals surface area (Å²) in [4.78, 5) is 42.4. The van der Waals surface area contributed by atoms with Crippen LogP contribution in [0.5, 0.6) is 5.75 Å². The lowest BCUT2D eigenvalue weighted by Gasteiger charge is -2.25. The zero-order valence-electron chi connectivity index (χ0n) is 23.6.